The molecule has 0 bridgehead atoms. The van der Waals surface area contributed by atoms with Gasteiger partial charge in [-0.2, -0.15) is 0 Å². The lowest BCUT2D eigenvalue weighted by Crippen LogP contribution is -2.41. The number of hydrogen-bond acceptors (Lipinski definition) is 4. The summed E-state index contributed by atoms with van der Waals surface area (Å²) < 4.78 is 33.3. The number of sulfonamides is 1. The van der Waals surface area contributed by atoms with E-state index >= 15 is 0 Å². The summed E-state index contributed by atoms with van der Waals surface area (Å²) in [6.45, 7) is 3.92. The maximum absolute atomic E-state index is 13.3. The number of carbonyl (C=O) groups is 1. The van der Waals surface area contributed by atoms with Gasteiger partial charge in [0.15, 0.2) is 0 Å². The molecule has 168 valence electrons. The molecular weight excluding hydrogens is 448 g/mol. The van der Waals surface area contributed by atoms with Gasteiger partial charge >= 0.3 is 0 Å². The fraction of sp³-hybridized carbons (Fsp3) is 0.208. The first kappa shape index (κ1) is 23.6. The van der Waals surface area contributed by atoms with Gasteiger partial charge in [-0.05, 0) is 62.4 Å². The third kappa shape index (κ3) is 6.24. The molecule has 0 saturated heterocycles. The second-order valence-electron chi connectivity index (χ2n) is 7.31. The minimum atomic E-state index is -3.93. The standard InChI is InChI=1S/C24H25ClN2O4S/c1-18-3-9-21(10-4-18)27(32(29,30)23-13-5-19(2)6-14-23)17-24(28)26-15-16-31-22-11-7-20(25)8-12-22/h3-14H,15-17H2,1-2H3,(H,26,28). The molecule has 0 radical (unpaired) electrons. The van der Waals surface area contributed by atoms with E-state index in [0.29, 0.717) is 16.5 Å². The Bertz CT molecular complexity index is 1150. The molecule has 0 aliphatic heterocycles. The molecule has 0 aliphatic carbocycles. The van der Waals surface area contributed by atoms with Crippen LogP contribution in [0.1, 0.15) is 11.1 Å². The van der Waals surface area contributed by atoms with Crippen LogP contribution in [0.3, 0.4) is 0 Å². The fourth-order valence-electron chi connectivity index (χ4n) is 2.94. The van der Waals surface area contributed by atoms with Crippen LogP contribution in [0.25, 0.3) is 0 Å². The highest BCUT2D eigenvalue weighted by molar-refractivity contribution is 7.92. The van der Waals surface area contributed by atoms with Gasteiger partial charge in [0.25, 0.3) is 10.0 Å². The molecule has 6 nitrogen and oxygen atoms in total. The Morgan fingerprint density at radius 3 is 2.06 bits per heavy atom. The quantitative estimate of drug-likeness (QED) is 0.470. The molecule has 32 heavy (non-hydrogen) atoms. The molecule has 0 aromatic heterocycles. The zero-order valence-electron chi connectivity index (χ0n) is 17.9. The monoisotopic (exact) mass is 472 g/mol. The Balaban J connectivity index is 1.69. The molecule has 0 spiro atoms. The van der Waals surface area contributed by atoms with Gasteiger partial charge in [-0.1, -0.05) is 47.0 Å². The summed E-state index contributed by atoms with van der Waals surface area (Å²) in [5.74, 6) is 0.202. The number of aryl methyl sites for hydroxylation is 2. The highest BCUT2D eigenvalue weighted by Crippen LogP contribution is 2.24. The van der Waals surface area contributed by atoms with Crippen LogP contribution in [-0.2, 0) is 14.8 Å². The van der Waals surface area contributed by atoms with E-state index in [1.807, 2.05) is 26.0 Å². The lowest BCUT2D eigenvalue weighted by atomic mass is 10.2. The number of nitrogens with one attached hydrogen (secondary N) is 1. The minimum Gasteiger partial charge on any atom is -0.492 e. The molecule has 0 heterocycles. The molecule has 3 rings (SSSR count). The summed E-state index contributed by atoms with van der Waals surface area (Å²) >= 11 is 5.84. The smallest absolute Gasteiger partial charge is 0.264 e. The van der Waals surface area contributed by atoms with Crippen LogP contribution in [0.2, 0.25) is 5.02 Å². The predicted octanol–water partition coefficient (Wildman–Crippen LogP) is 4.35. The number of amides is 1. The van der Waals surface area contributed by atoms with Crippen molar-refractivity contribution in [2.75, 3.05) is 24.0 Å². The number of ether oxygens (including phenoxy) is 1. The first-order valence-electron chi connectivity index (χ1n) is 10.1. The van der Waals surface area contributed by atoms with E-state index in [1.165, 1.54) is 0 Å². The fourth-order valence-corrected chi connectivity index (χ4v) is 4.49. The van der Waals surface area contributed by atoms with Crippen molar-refractivity contribution in [2.24, 2.45) is 0 Å². The number of carbonyl (C=O) groups excluding carboxylic acids is 1. The normalized spacial score (nSPS) is 11.1. The number of anilines is 1. The van der Waals surface area contributed by atoms with E-state index in [4.69, 9.17) is 16.3 Å². The maximum Gasteiger partial charge on any atom is 0.264 e. The summed E-state index contributed by atoms with van der Waals surface area (Å²) in [7, 11) is -3.93. The molecular formula is C24H25ClN2O4S. The van der Waals surface area contributed by atoms with Crippen molar-refractivity contribution < 1.29 is 17.9 Å². The van der Waals surface area contributed by atoms with Crippen LogP contribution >= 0.6 is 11.6 Å². The average Bonchev–Trinajstić information content (AvgIpc) is 2.77. The summed E-state index contributed by atoms with van der Waals surface area (Å²) in [4.78, 5) is 12.7. The van der Waals surface area contributed by atoms with Gasteiger partial charge in [0, 0.05) is 5.02 Å². The first-order chi connectivity index (χ1) is 15.3. The summed E-state index contributed by atoms with van der Waals surface area (Å²) in [5, 5.41) is 3.32. The Morgan fingerprint density at radius 1 is 0.906 bits per heavy atom. The second kappa shape index (κ2) is 10.5. The van der Waals surface area contributed by atoms with Crippen LogP contribution in [0.15, 0.2) is 77.7 Å². The van der Waals surface area contributed by atoms with Crippen molar-refractivity contribution in [1.82, 2.24) is 5.32 Å². The Kier molecular flexibility index (Phi) is 7.77. The number of rotatable bonds is 9. The van der Waals surface area contributed by atoms with Crippen molar-refractivity contribution in [3.63, 3.8) is 0 Å². The van der Waals surface area contributed by atoms with E-state index in [0.717, 1.165) is 15.4 Å². The number of halogens is 1. The van der Waals surface area contributed by atoms with Gasteiger partial charge in [-0.25, -0.2) is 8.42 Å². The minimum absolute atomic E-state index is 0.127. The SMILES string of the molecule is Cc1ccc(N(CC(=O)NCCOc2ccc(Cl)cc2)S(=O)(=O)c2ccc(C)cc2)cc1. The maximum atomic E-state index is 13.3. The molecule has 1 N–H and O–H groups in total. The lowest BCUT2D eigenvalue weighted by Gasteiger charge is -2.24. The average molecular weight is 473 g/mol. The molecule has 3 aromatic rings. The van der Waals surface area contributed by atoms with Crippen molar-refractivity contribution in [3.05, 3.63) is 88.9 Å². The summed E-state index contributed by atoms with van der Waals surface area (Å²) in [5.41, 5.74) is 2.36. The van der Waals surface area contributed by atoms with E-state index in [9.17, 15) is 13.2 Å². The van der Waals surface area contributed by atoms with Gasteiger partial charge in [-0.15, -0.1) is 0 Å². The van der Waals surface area contributed by atoms with Gasteiger partial charge in [0.05, 0.1) is 17.1 Å². The van der Waals surface area contributed by atoms with Crippen molar-refractivity contribution in [2.45, 2.75) is 18.7 Å². The van der Waals surface area contributed by atoms with E-state index in [2.05, 4.69) is 5.32 Å². The molecule has 0 unspecified atom stereocenters. The number of benzene rings is 3. The van der Waals surface area contributed by atoms with Gasteiger partial charge in [-0.3, -0.25) is 9.10 Å². The number of nitrogens with zero attached hydrogens (tertiary/aromatic N) is 1. The van der Waals surface area contributed by atoms with E-state index < -0.39 is 15.9 Å². The Labute approximate surface area is 193 Å². The van der Waals surface area contributed by atoms with Crippen LogP contribution in [-0.4, -0.2) is 34.0 Å². The third-order valence-corrected chi connectivity index (χ3v) is 6.76. The first-order valence-corrected chi connectivity index (χ1v) is 11.9. The van der Waals surface area contributed by atoms with Crippen LogP contribution in [0, 0.1) is 13.8 Å². The zero-order chi connectivity index (χ0) is 23.1. The zero-order valence-corrected chi connectivity index (χ0v) is 19.5. The predicted molar refractivity (Wildman–Crippen MR) is 127 cm³/mol. The molecule has 0 fully saturated rings. The second-order valence-corrected chi connectivity index (χ2v) is 9.61. The molecule has 1 amide bonds. The Morgan fingerprint density at radius 2 is 1.47 bits per heavy atom. The van der Waals surface area contributed by atoms with Gasteiger partial charge in [0.1, 0.15) is 18.9 Å². The van der Waals surface area contributed by atoms with Gasteiger partial charge < -0.3 is 10.1 Å². The molecule has 3 aromatic carbocycles. The summed E-state index contributed by atoms with van der Waals surface area (Å²) in [6, 6.07) is 20.5. The third-order valence-electron chi connectivity index (χ3n) is 4.72. The molecule has 8 heteroatoms. The van der Waals surface area contributed by atoms with Crippen LogP contribution < -0.4 is 14.4 Å². The Hall–Kier alpha value is -3.03. The highest BCUT2D eigenvalue weighted by atomic mass is 35.5. The highest BCUT2D eigenvalue weighted by Gasteiger charge is 2.27. The van der Waals surface area contributed by atoms with Gasteiger partial charge in [0.2, 0.25) is 5.91 Å². The van der Waals surface area contributed by atoms with Crippen LogP contribution in [0.4, 0.5) is 5.69 Å². The van der Waals surface area contributed by atoms with Crippen molar-refractivity contribution in [3.8, 4) is 5.75 Å². The van der Waals surface area contributed by atoms with E-state index in [1.54, 1.807) is 60.7 Å². The van der Waals surface area contributed by atoms with Crippen molar-refractivity contribution in [1.29, 1.82) is 0 Å². The lowest BCUT2D eigenvalue weighted by molar-refractivity contribution is -0.119. The molecule has 0 saturated carbocycles. The summed E-state index contributed by atoms with van der Waals surface area (Å²) in [6.07, 6.45) is 0. The topological polar surface area (TPSA) is 75.7 Å². The molecule has 0 atom stereocenters. The largest absolute Gasteiger partial charge is 0.492 e. The molecule has 0 aliphatic rings. The van der Waals surface area contributed by atoms with Crippen molar-refractivity contribution >= 4 is 33.2 Å². The van der Waals surface area contributed by atoms with E-state index in [-0.39, 0.29) is 24.6 Å². The number of hydrogen-bond donors (Lipinski definition) is 1. The van der Waals surface area contributed by atoms with Crippen LogP contribution in [0.5, 0.6) is 5.75 Å².